The molecule has 0 bridgehead atoms. The Morgan fingerprint density at radius 3 is 1.25 bits per heavy atom. The third-order valence-corrected chi connectivity index (χ3v) is 0. The molecule has 0 N–H and O–H groups in total. The Bertz CT molecular complexity index is 3.25. The zero-order valence-corrected chi connectivity index (χ0v) is 3.29. The van der Waals surface area contributed by atoms with Gasteiger partial charge in [-0.1, -0.05) is 0 Å². The lowest BCUT2D eigenvalue weighted by molar-refractivity contribution is 0.712. The number of hydrogen-bond donors (Lipinski definition) is 0. The summed E-state index contributed by atoms with van der Waals surface area (Å²) in [6.45, 7) is 0. The fourth-order valence-corrected chi connectivity index (χ4v) is 0. The van der Waals surface area contributed by atoms with Crippen molar-refractivity contribution in [2.45, 2.75) is 0 Å². The van der Waals surface area contributed by atoms with Gasteiger partial charge in [0.25, 0.3) is 0 Å². The fourth-order valence-electron chi connectivity index (χ4n) is 0. The molecule has 0 aromatic heterocycles. The molecule has 0 atom stereocenters. The first-order valence-corrected chi connectivity index (χ1v) is 1.60. The molecule has 0 unspecified atom stereocenters. The summed E-state index contributed by atoms with van der Waals surface area (Å²) in [5, 5.41) is 0. The Hall–Kier alpha value is 0.556. The van der Waals surface area contributed by atoms with Gasteiger partial charge in [0.2, 0.25) is 0 Å². The van der Waals surface area contributed by atoms with Crippen LogP contribution in [0.2, 0.25) is 0 Å². The molecule has 24 valence electrons. The Morgan fingerprint density at radius 2 is 1.25 bits per heavy atom. The van der Waals surface area contributed by atoms with Crippen LogP contribution in [-0.4, -0.2) is 21.5 Å². The van der Waals surface area contributed by atoms with Gasteiger partial charge in [0.05, 0.1) is 0 Å². The Kier molecular flexibility index (Phi) is 21.2. The van der Waals surface area contributed by atoms with Crippen LogP contribution in [0.3, 0.4) is 0 Å². The van der Waals surface area contributed by atoms with Crippen LogP contribution in [0.25, 0.3) is 0 Å². The summed E-state index contributed by atoms with van der Waals surface area (Å²) < 4.78 is 19.5. The highest BCUT2D eigenvalue weighted by atomic mass is 24.7. The quantitative estimate of drug-likeness (QED) is 0.376. The monoisotopic (exact) mass is 82.0 g/mol. The van der Waals surface area contributed by atoms with Crippen LogP contribution in [-0.2, 0) is 0 Å². The van der Waals surface area contributed by atoms with Gasteiger partial charge in [-0.3, -0.25) is 4.70 Å². The predicted octanol–water partition coefficient (Wildman–Crippen LogP) is 0.612. The molecular formula is HF3Mg. The SMILES string of the molecule is F.[F][Mg][F]. The van der Waals surface area contributed by atoms with Crippen molar-refractivity contribution in [1.29, 1.82) is 0 Å². The Morgan fingerprint density at radius 1 is 1.25 bits per heavy atom. The normalized spacial score (nSPS) is 2.50. The minimum absolute atomic E-state index is 0. The summed E-state index contributed by atoms with van der Waals surface area (Å²) in [4.78, 5) is 0. The topological polar surface area (TPSA) is 0 Å². The van der Waals surface area contributed by atoms with Crippen LogP contribution >= 0.6 is 0 Å². The minimum atomic E-state index is -2.58. The first kappa shape index (κ1) is 8.82. The van der Waals surface area contributed by atoms with Gasteiger partial charge in [0, 0.05) is 0 Å². The molecule has 0 aromatic carbocycles. The van der Waals surface area contributed by atoms with E-state index in [4.69, 9.17) is 0 Å². The molecule has 0 nitrogen and oxygen atoms in total. The maximum absolute atomic E-state index is 9.76. The van der Waals surface area contributed by atoms with Gasteiger partial charge in [-0.25, -0.2) is 0 Å². The smallest absolute Gasteiger partial charge is 0.440 e. The van der Waals surface area contributed by atoms with Crippen molar-refractivity contribution in [2.75, 3.05) is 0 Å². The lowest BCUT2D eigenvalue weighted by Crippen LogP contribution is -1.45. The maximum atomic E-state index is 9.76. The van der Waals surface area contributed by atoms with E-state index >= 15 is 0 Å². The molecule has 4 heavy (non-hydrogen) atoms. The van der Waals surface area contributed by atoms with E-state index < -0.39 is 21.5 Å². The fraction of sp³-hybridized carbons (Fsp3) is 0. The largest absolute Gasteiger partial charge is 0.879 e. The first-order chi connectivity index (χ1) is 1.41. The molecule has 0 aromatic rings. The van der Waals surface area contributed by atoms with E-state index in [0.29, 0.717) is 0 Å². The molecule has 0 saturated heterocycles. The van der Waals surface area contributed by atoms with Gasteiger partial charge in [0.1, 0.15) is 0 Å². The summed E-state index contributed by atoms with van der Waals surface area (Å²) in [5.41, 5.74) is 0. The van der Waals surface area contributed by atoms with Crippen molar-refractivity contribution in [3.63, 3.8) is 0 Å². The van der Waals surface area contributed by atoms with Crippen molar-refractivity contribution < 1.29 is 10.6 Å². The van der Waals surface area contributed by atoms with Gasteiger partial charge in [-0.05, 0) is 0 Å². The van der Waals surface area contributed by atoms with Crippen LogP contribution in [0, 0.1) is 0 Å². The van der Waals surface area contributed by atoms with Crippen LogP contribution in [0.4, 0.5) is 10.6 Å². The summed E-state index contributed by atoms with van der Waals surface area (Å²) >= 11 is -2.58. The molecule has 0 aliphatic carbocycles. The predicted molar refractivity (Wildman–Crippen MR) is 10.5 cm³/mol. The molecule has 0 saturated carbocycles. The summed E-state index contributed by atoms with van der Waals surface area (Å²) in [6, 6.07) is 0. The van der Waals surface area contributed by atoms with Gasteiger partial charge < -0.3 is 5.91 Å². The lowest BCUT2D eigenvalue weighted by atomic mass is 18.6. The first-order valence-electron chi connectivity index (χ1n) is 0.535. The molecule has 0 radical (unpaired) electrons. The standard InChI is InChI=1S/3FH.Mg/h3*1H;/q;;;+2/p-2. The Labute approximate surface area is 32.8 Å². The molecule has 0 spiro atoms. The van der Waals surface area contributed by atoms with Crippen molar-refractivity contribution >= 4 is 21.5 Å². The second-order valence-corrected chi connectivity index (χ2v) is 0.303. The second kappa shape index (κ2) is 9.59. The lowest BCUT2D eigenvalue weighted by Gasteiger charge is -1.34. The molecule has 0 rings (SSSR count). The van der Waals surface area contributed by atoms with E-state index in [0.717, 1.165) is 0 Å². The summed E-state index contributed by atoms with van der Waals surface area (Å²) in [5.74, 6) is 0. The van der Waals surface area contributed by atoms with Crippen LogP contribution < -0.4 is 0 Å². The van der Waals surface area contributed by atoms with E-state index in [9.17, 15) is 5.91 Å². The number of halogens is 3. The summed E-state index contributed by atoms with van der Waals surface area (Å²) in [6.07, 6.45) is 0. The molecule has 0 aliphatic rings. The molecule has 0 heterocycles. The highest BCUT2D eigenvalue weighted by Gasteiger charge is 1.78. The maximum Gasteiger partial charge on any atom is 0.879 e. The number of hydrogen-bond acceptors (Lipinski definition) is 0. The van der Waals surface area contributed by atoms with Gasteiger partial charge in [0.15, 0.2) is 0 Å². The van der Waals surface area contributed by atoms with Crippen molar-refractivity contribution in [3.05, 3.63) is 0 Å². The van der Waals surface area contributed by atoms with Gasteiger partial charge >= 0.3 is 21.5 Å². The van der Waals surface area contributed by atoms with Crippen LogP contribution in [0.15, 0.2) is 0 Å². The summed E-state index contributed by atoms with van der Waals surface area (Å²) in [7, 11) is 0. The van der Waals surface area contributed by atoms with E-state index in [1.54, 1.807) is 0 Å². The van der Waals surface area contributed by atoms with Crippen molar-refractivity contribution in [1.82, 2.24) is 0 Å². The zero-order chi connectivity index (χ0) is 2.71. The van der Waals surface area contributed by atoms with E-state index in [2.05, 4.69) is 0 Å². The highest BCUT2D eigenvalue weighted by molar-refractivity contribution is 6.15. The van der Waals surface area contributed by atoms with Crippen molar-refractivity contribution in [3.8, 4) is 0 Å². The van der Waals surface area contributed by atoms with E-state index in [1.807, 2.05) is 0 Å². The van der Waals surface area contributed by atoms with Crippen molar-refractivity contribution in [2.24, 2.45) is 0 Å². The second-order valence-electron chi connectivity index (χ2n) is 0.101. The van der Waals surface area contributed by atoms with Gasteiger partial charge in [-0.2, -0.15) is 0 Å². The zero-order valence-electron chi connectivity index (χ0n) is 1.87. The van der Waals surface area contributed by atoms with Crippen LogP contribution in [0.5, 0.6) is 0 Å². The molecular weight excluding hydrogens is 81.3 g/mol. The van der Waals surface area contributed by atoms with Crippen LogP contribution in [0.1, 0.15) is 0 Å². The molecule has 0 fully saturated rings. The molecule has 0 amide bonds. The highest BCUT2D eigenvalue weighted by Crippen LogP contribution is 1.49. The molecule has 4 heteroatoms. The average Bonchev–Trinajstić information content (AvgIpc) is 0.918. The van der Waals surface area contributed by atoms with Gasteiger partial charge in [-0.15, -0.1) is 0 Å². The van der Waals surface area contributed by atoms with E-state index in [1.165, 1.54) is 0 Å². The van der Waals surface area contributed by atoms with E-state index in [-0.39, 0.29) is 4.70 Å². The minimum Gasteiger partial charge on any atom is -0.440 e. The molecule has 0 aliphatic heterocycles. The third-order valence-electron chi connectivity index (χ3n) is 0. The number of rotatable bonds is 0. The Balaban J connectivity index is 0. The average molecular weight is 82.3 g/mol. The third kappa shape index (κ3) is 20.0.